The fourth-order valence-electron chi connectivity index (χ4n) is 4.04. The van der Waals surface area contributed by atoms with Gasteiger partial charge < -0.3 is 13.0 Å². The molecule has 0 saturated heterocycles. The van der Waals surface area contributed by atoms with Gasteiger partial charge in [0.05, 0.1) is 13.7 Å². The Morgan fingerprint density at radius 2 is 1.18 bits per heavy atom. The highest BCUT2D eigenvalue weighted by Crippen LogP contribution is 2.37. The highest BCUT2D eigenvalue weighted by molar-refractivity contribution is 6.82. The van der Waals surface area contributed by atoms with Crippen LogP contribution in [-0.2, 0) is 22.7 Å². The fraction of sp³-hybridized carbons (Fsp3) is 1.00. The van der Waals surface area contributed by atoms with Crippen molar-refractivity contribution >= 4 is 25.2 Å². The van der Waals surface area contributed by atoms with Crippen molar-refractivity contribution in [3.63, 3.8) is 0 Å². The summed E-state index contributed by atoms with van der Waals surface area (Å²) in [6, 6.07) is 0. The molecule has 33 heavy (non-hydrogen) atoms. The van der Waals surface area contributed by atoms with Gasteiger partial charge in [0, 0.05) is 5.54 Å². The van der Waals surface area contributed by atoms with Crippen molar-refractivity contribution in [2.45, 2.75) is 152 Å². The summed E-state index contributed by atoms with van der Waals surface area (Å²) in [5.41, 5.74) is 0.198. The predicted octanol–water partition coefficient (Wildman–Crippen LogP) is 9.51. The second-order valence-corrected chi connectivity index (χ2v) is 23.5. The molecule has 0 bridgehead atoms. The number of hydrogen-bond donors (Lipinski definition) is 0. The van der Waals surface area contributed by atoms with Gasteiger partial charge >= 0.3 is 8.56 Å². The first-order valence-corrected chi connectivity index (χ1v) is 21.1. The molecule has 0 aliphatic rings. The molecule has 2 unspecified atom stereocenters. The minimum absolute atomic E-state index is 0. The largest absolute Gasteiger partial charge is 0.436 e. The molecule has 0 aromatic heterocycles. The maximum atomic E-state index is 6.80. The van der Waals surface area contributed by atoms with E-state index < -0.39 is 31.0 Å². The Labute approximate surface area is 213 Å². The van der Waals surface area contributed by atoms with Gasteiger partial charge in [-0.2, -0.15) is 0 Å². The molecule has 0 aromatic carbocycles. The van der Waals surface area contributed by atoms with E-state index in [2.05, 4.69) is 52.8 Å². The van der Waals surface area contributed by atoms with Crippen LogP contribution >= 0.6 is 0 Å². The summed E-state index contributed by atoms with van der Waals surface area (Å²) < 4.78 is 20.0. The average molecular weight is 529 g/mol. The molecule has 206 valence electrons. The molecule has 2 atom stereocenters. The second kappa shape index (κ2) is 18.7. The lowest BCUT2D eigenvalue weighted by Gasteiger charge is -2.45. The zero-order chi connectivity index (χ0) is 23.5. The molecular weight excluding hydrogens is 465 g/mol. The van der Waals surface area contributed by atoms with Crippen LogP contribution in [0.3, 0.4) is 0 Å². The van der Waals surface area contributed by atoms with Crippen molar-refractivity contribution < 1.29 is 22.7 Å². The molecule has 0 saturated carbocycles. The molecule has 5 nitrogen and oxygen atoms in total. The lowest BCUT2D eigenvalue weighted by atomic mass is 10.1. The number of rotatable bonds is 18. The van der Waals surface area contributed by atoms with Crippen molar-refractivity contribution in [2.75, 3.05) is 13.7 Å². The fourth-order valence-corrected chi connectivity index (χ4v) is 13.6. The van der Waals surface area contributed by atoms with E-state index in [-0.39, 0.29) is 27.8 Å². The Morgan fingerprint density at radius 1 is 0.697 bits per heavy atom. The van der Waals surface area contributed by atoms with Crippen molar-refractivity contribution in [1.29, 1.82) is 0 Å². The highest BCUT2D eigenvalue weighted by Gasteiger charge is 2.48. The van der Waals surface area contributed by atoms with Crippen molar-refractivity contribution in [1.82, 2.24) is 0 Å². The van der Waals surface area contributed by atoms with E-state index in [4.69, 9.17) is 22.7 Å². The third-order valence-corrected chi connectivity index (χ3v) is 12.8. The first-order chi connectivity index (χ1) is 13.6. The molecule has 0 heterocycles. The predicted molar refractivity (Wildman–Crippen MR) is 155 cm³/mol. The van der Waals surface area contributed by atoms with Crippen LogP contribution < -0.4 is 0 Å². The Hall–Kier alpha value is 0.451. The average Bonchev–Trinajstić information content (AvgIpc) is 2.51. The number of unbranched alkanes of at least 4 members (excludes halogenated alkanes) is 6. The van der Waals surface area contributed by atoms with Gasteiger partial charge in [-0.1, -0.05) is 74.1 Å². The normalized spacial score (nSPS) is 15.0. The second-order valence-electron chi connectivity index (χ2n) is 11.0. The molecule has 0 N–H and O–H groups in total. The first kappa shape index (κ1) is 40.6. The molecule has 0 aliphatic carbocycles. The smallest absolute Gasteiger partial charge is 0.332 e. The highest BCUT2D eigenvalue weighted by atomic mass is 28.4. The lowest BCUT2D eigenvalue weighted by Crippen LogP contribution is -2.57. The Balaban J connectivity index is -0.00000140. The SMILES string of the molecule is C.C.C.CCCCCCCCCC(COOC)[Si](C)(OC(C)(C)O[Si](C)(C)C)O[Si](C)(C)C. The zero-order valence-corrected chi connectivity index (χ0v) is 25.0. The minimum Gasteiger partial charge on any atom is -0.436 e. The van der Waals surface area contributed by atoms with Crippen molar-refractivity contribution in [3.8, 4) is 0 Å². The van der Waals surface area contributed by atoms with Gasteiger partial charge in [0.15, 0.2) is 16.6 Å². The summed E-state index contributed by atoms with van der Waals surface area (Å²) >= 11 is 0. The quantitative estimate of drug-likeness (QED) is 0.0582. The van der Waals surface area contributed by atoms with Crippen LogP contribution in [0.1, 0.15) is 94.4 Å². The monoisotopic (exact) mass is 528 g/mol. The molecule has 0 fully saturated rings. The van der Waals surface area contributed by atoms with Crippen LogP contribution in [-0.4, -0.2) is 44.7 Å². The van der Waals surface area contributed by atoms with E-state index in [0.29, 0.717) is 6.61 Å². The molecule has 0 radical (unpaired) electrons. The van der Waals surface area contributed by atoms with Crippen molar-refractivity contribution in [3.05, 3.63) is 0 Å². The summed E-state index contributed by atoms with van der Waals surface area (Å²) in [5.74, 6) is -0.670. The van der Waals surface area contributed by atoms with Crippen molar-refractivity contribution in [2.24, 2.45) is 0 Å². The van der Waals surface area contributed by atoms with Gasteiger partial charge in [0.2, 0.25) is 0 Å². The van der Waals surface area contributed by atoms with Gasteiger partial charge in [-0.05, 0) is 66.1 Å². The van der Waals surface area contributed by atoms with E-state index in [1.54, 1.807) is 7.11 Å². The van der Waals surface area contributed by atoms with E-state index in [1.165, 1.54) is 44.9 Å². The Bertz CT molecular complexity index is 450. The van der Waals surface area contributed by atoms with Crippen LogP contribution in [0.5, 0.6) is 0 Å². The van der Waals surface area contributed by atoms with Crippen LogP contribution in [0.25, 0.3) is 0 Å². The maximum Gasteiger partial charge on any atom is 0.332 e. The Morgan fingerprint density at radius 3 is 1.61 bits per heavy atom. The van der Waals surface area contributed by atoms with Gasteiger partial charge in [-0.25, -0.2) is 9.78 Å². The molecule has 8 heteroatoms. The topological polar surface area (TPSA) is 46.2 Å². The van der Waals surface area contributed by atoms with E-state index in [0.717, 1.165) is 6.42 Å². The standard InChI is InChI=1S/C22H52O5Si3.3CH4/c1-12-13-14-15-16-17-18-19-21(20-24-23-4)30(11,27-29(8,9)10)26-22(2,3)25-28(5,6)7;;;/h21H,12-20H2,1-11H3;3*1H4. The van der Waals surface area contributed by atoms with Gasteiger partial charge in [0.25, 0.3) is 0 Å². The van der Waals surface area contributed by atoms with E-state index in [9.17, 15) is 0 Å². The zero-order valence-electron chi connectivity index (χ0n) is 22.0. The van der Waals surface area contributed by atoms with Crippen LogP contribution in [0.15, 0.2) is 0 Å². The van der Waals surface area contributed by atoms with Gasteiger partial charge in [-0.15, -0.1) is 0 Å². The van der Waals surface area contributed by atoms with Crippen LogP contribution in [0.2, 0.25) is 51.4 Å². The molecular formula is C25H64O5Si3. The van der Waals surface area contributed by atoms with Crippen LogP contribution in [0, 0.1) is 0 Å². The maximum absolute atomic E-state index is 6.80. The number of hydrogen-bond acceptors (Lipinski definition) is 5. The molecule has 0 aliphatic heterocycles. The summed E-state index contributed by atoms with van der Waals surface area (Å²) in [5, 5.41) is 0. The summed E-state index contributed by atoms with van der Waals surface area (Å²) in [6.07, 6.45) is 10.1. The Kier molecular flexibility index (Phi) is 23.0. The van der Waals surface area contributed by atoms with E-state index in [1.807, 2.05) is 13.8 Å². The third kappa shape index (κ3) is 21.5. The van der Waals surface area contributed by atoms with Gasteiger partial charge in [0.1, 0.15) is 5.79 Å². The lowest BCUT2D eigenvalue weighted by molar-refractivity contribution is -0.274. The van der Waals surface area contributed by atoms with Gasteiger partial charge in [-0.3, -0.25) is 0 Å². The third-order valence-electron chi connectivity index (χ3n) is 4.79. The molecule has 0 spiro atoms. The van der Waals surface area contributed by atoms with E-state index >= 15 is 0 Å². The van der Waals surface area contributed by atoms with Crippen LogP contribution in [0.4, 0.5) is 0 Å². The first-order valence-electron chi connectivity index (χ1n) is 11.9. The molecule has 0 amide bonds. The molecule has 0 aromatic rings. The molecule has 0 rings (SSSR count). The summed E-state index contributed by atoms with van der Waals surface area (Å²) in [6.45, 7) is 22.3. The summed E-state index contributed by atoms with van der Waals surface area (Å²) in [7, 11) is -4.63. The summed E-state index contributed by atoms with van der Waals surface area (Å²) in [4.78, 5) is 10.4. The minimum atomic E-state index is -2.61.